The van der Waals surface area contributed by atoms with Crippen LogP contribution in [0.3, 0.4) is 0 Å². The fourth-order valence-electron chi connectivity index (χ4n) is 2.02. The van der Waals surface area contributed by atoms with Gasteiger partial charge in [-0.3, -0.25) is 4.79 Å². The minimum atomic E-state index is -0.779. The Kier molecular flexibility index (Phi) is 5.41. The van der Waals surface area contributed by atoms with Crippen LogP contribution < -0.4 is 5.32 Å². The summed E-state index contributed by atoms with van der Waals surface area (Å²) in [7, 11) is 1.41. The fraction of sp³-hybridized carbons (Fsp3) is 0.333. The van der Waals surface area contributed by atoms with Gasteiger partial charge in [0.05, 0.1) is 12.7 Å². The summed E-state index contributed by atoms with van der Waals surface area (Å²) in [4.78, 5) is 12.1. The fourth-order valence-corrected chi connectivity index (χ4v) is 2.02. The highest BCUT2D eigenvalue weighted by atomic mass is 19.1. The summed E-state index contributed by atoms with van der Waals surface area (Å²) >= 11 is 0. The van der Waals surface area contributed by atoms with E-state index in [1.165, 1.54) is 19.4 Å². The number of aryl methyl sites for hydroxylation is 1. The van der Waals surface area contributed by atoms with Gasteiger partial charge >= 0.3 is 0 Å². The van der Waals surface area contributed by atoms with Crippen molar-refractivity contribution < 1.29 is 23.4 Å². The number of carbonyl (C=O) groups excluding carboxylic acids is 1. The lowest BCUT2D eigenvalue weighted by molar-refractivity contribution is 0.0473. The molecule has 8 heteroatoms. The first kappa shape index (κ1) is 17.0. The minimum Gasteiger partial charge on any atom is -0.394 e. The smallest absolute Gasteiger partial charge is 0.272 e. The van der Waals surface area contributed by atoms with Gasteiger partial charge in [0.1, 0.15) is 5.69 Å². The van der Waals surface area contributed by atoms with Gasteiger partial charge in [-0.25, -0.2) is 13.5 Å². The van der Waals surface area contributed by atoms with E-state index in [0.29, 0.717) is 5.56 Å². The molecule has 1 aromatic carbocycles. The van der Waals surface area contributed by atoms with Crippen molar-refractivity contribution in [2.45, 2.75) is 13.0 Å². The van der Waals surface area contributed by atoms with Crippen molar-refractivity contribution in [3.8, 4) is 5.69 Å². The van der Waals surface area contributed by atoms with E-state index >= 15 is 0 Å². The third kappa shape index (κ3) is 3.72. The Morgan fingerprint density at radius 3 is 2.65 bits per heavy atom. The molecule has 0 aliphatic rings. The summed E-state index contributed by atoms with van der Waals surface area (Å²) in [6.07, 6.45) is 0.835. The number of carbonyl (C=O) groups is 1. The van der Waals surface area contributed by atoms with E-state index < -0.39 is 23.6 Å². The second-order valence-electron chi connectivity index (χ2n) is 4.93. The van der Waals surface area contributed by atoms with Crippen molar-refractivity contribution in [1.29, 1.82) is 0 Å². The molecule has 1 heterocycles. The van der Waals surface area contributed by atoms with Gasteiger partial charge in [0.15, 0.2) is 17.3 Å². The highest BCUT2D eigenvalue weighted by molar-refractivity contribution is 5.93. The Morgan fingerprint density at radius 2 is 2.09 bits per heavy atom. The number of nitrogens with one attached hydrogen (secondary N) is 1. The summed E-state index contributed by atoms with van der Waals surface area (Å²) in [6.45, 7) is 1.45. The Hall–Kier alpha value is -2.32. The van der Waals surface area contributed by atoms with Crippen LogP contribution in [0.5, 0.6) is 0 Å². The number of rotatable bonds is 6. The average molecular weight is 325 g/mol. The molecule has 2 rings (SSSR count). The lowest BCUT2D eigenvalue weighted by Gasteiger charge is -2.12. The lowest BCUT2D eigenvalue weighted by Crippen LogP contribution is -2.35. The van der Waals surface area contributed by atoms with Crippen LogP contribution in [0.15, 0.2) is 24.4 Å². The molecule has 0 aliphatic heterocycles. The number of hydrogen-bond donors (Lipinski definition) is 2. The predicted octanol–water partition coefficient (Wildman–Crippen LogP) is 1.20. The molecule has 23 heavy (non-hydrogen) atoms. The van der Waals surface area contributed by atoms with Crippen LogP contribution in [-0.2, 0) is 4.74 Å². The maximum Gasteiger partial charge on any atom is 0.272 e. The van der Waals surface area contributed by atoms with E-state index in [0.717, 1.165) is 16.8 Å². The standard InChI is InChI=1S/C15H17F2N3O3/c1-9-7-20(14-11(16)4-3-5-12(14)17)19-13(9)15(22)18-6-10(8-21)23-2/h3-5,7,10,21H,6,8H2,1-2H3,(H,18,22)/t10-/m1/s1. The molecule has 0 saturated heterocycles. The van der Waals surface area contributed by atoms with Gasteiger partial charge in [-0.05, 0) is 19.1 Å². The maximum absolute atomic E-state index is 13.8. The predicted molar refractivity (Wildman–Crippen MR) is 78.4 cm³/mol. The van der Waals surface area contributed by atoms with Crippen molar-refractivity contribution >= 4 is 5.91 Å². The van der Waals surface area contributed by atoms with Crippen LogP contribution in [0.4, 0.5) is 8.78 Å². The van der Waals surface area contributed by atoms with E-state index in [-0.39, 0.29) is 24.5 Å². The number of para-hydroxylation sites is 1. The zero-order valence-corrected chi connectivity index (χ0v) is 12.7. The third-order valence-electron chi connectivity index (χ3n) is 3.31. The molecular formula is C15H17F2N3O3. The quantitative estimate of drug-likeness (QED) is 0.837. The molecule has 0 fully saturated rings. The first-order valence-electron chi connectivity index (χ1n) is 6.90. The molecule has 2 aromatic rings. The molecule has 0 spiro atoms. The second kappa shape index (κ2) is 7.30. The summed E-state index contributed by atoms with van der Waals surface area (Å²) in [5.74, 6) is -2.08. The number of aliphatic hydroxyl groups excluding tert-OH is 1. The maximum atomic E-state index is 13.8. The number of benzene rings is 1. The molecule has 1 amide bonds. The van der Waals surface area contributed by atoms with Crippen molar-refractivity contribution in [2.75, 3.05) is 20.3 Å². The van der Waals surface area contributed by atoms with Gasteiger partial charge in [0.2, 0.25) is 0 Å². The highest BCUT2D eigenvalue weighted by Gasteiger charge is 2.19. The number of aromatic nitrogens is 2. The summed E-state index contributed by atoms with van der Waals surface area (Å²) < 4.78 is 33.5. The molecule has 0 unspecified atom stereocenters. The van der Waals surface area contributed by atoms with Crippen LogP contribution in [0.25, 0.3) is 5.69 Å². The molecule has 0 bridgehead atoms. The summed E-state index contributed by atoms with van der Waals surface area (Å²) in [5.41, 5.74) is 0.156. The Labute approximate surface area is 131 Å². The highest BCUT2D eigenvalue weighted by Crippen LogP contribution is 2.18. The first-order valence-corrected chi connectivity index (χ1v) is 6.90. The van der Waals surface area contributed by atoms with Crippen molar-refractivity contribution in [3.05, 3.63) is 47.3 Å². The second-order valence-corrected chi connectivity index (χ2v) is 4.93. The average Bonchev–Trinajstić information content (AvgIpc) is 2.89. The summed E-state index contributed by atoms with van der Waals surface area (Å²) in [5, 5.41) is 15.5. The first-order chi connectivity index (χ1) is 11.0. The Balaban J connectivity index is 2.23. The van der Waals surface area contributed by atoms with Gasteiger partial charge in [-0.2, -0.15) is 5.10 Å². The van der Waals surface area contributed by atoms with Crippen LogP contribution in [0, 0.1) is 18.6 Å². The number of methoxy groups -OCH3 is 1. The van der Waals surface area contributed by atoms with Crippen molar-refractivity contribution in [2.24, 2.45) is 0 Å². The van der Waals surface area contributed by atoms with Crippen LogP contribution in [-0.4, -0.2) is 47.2 Å². The molecule has 0 saturated carbocycles. The monoisotopic (exact) mass is 325 g/mol. The van der Waals surface area contributed by atoms with Gasteiger partial charge < -0.3 is 15.2 Å². The van der Waals surface area contributed by atoms with Crippen molar-refractivity contribution in [3.63, 3.8) is 0 Å². The number of amides is 1. The van der Waals surface area contributed by atoms with Crippen LogP contribution in [0.1, 0.15) is 16.1 Å². The number of aliphatic hydroxyl groups is 1. The Morgan fingerprint density at radius 1 is 1.43 bits per heavy atom. The molecule has 1 aromatic heterocycles. The molecule has 0 radical (unpaired) electrons. The van der Waals surface area contributed by atoms with Gasteiger partial charge in [-0.15, -0.1) is 0 Å². The SMILES string of the molecule is CO[C@@H](CO)CNC(=O)c1nn(-c2c(F)cccc2F)cc1C. The van der Waals surface area contributed by atoms with Gasteiger partial charge in [-0.1, -0.05) is 6.07 Å². The molecule has 124 valence electrons. The number of nitrogens with zero attached hydrogens (tertiary/aromatic N) is 2. The third-order valence-corrected chi connectivity index (χ3v) is 3.31. The van der Waals surface area contributed by atoms with E-state index in [2.05, 4.69) is 10.4 Å². The van der Waals surface area contributed by atoms with E-state index in [9.17, 15) is 13.6 Å². The number of halogens is 2. The zero-order valence-electron chi connectivity index (χ0n) is 12.7. The van der Waals surface area contributed by atoms with E-state index in [1.54, 1.807) is 6.92 Å². The normalized spacial score (nSPS) is 12.2. The molecular weight excluding hydrogens is 308 g/mol. The van der Waals surface area contributed by atoms with E-state index in [4.69, 9.17) is 9.84 Å². The topological polar surface area (TPSA) is 76.4 Å². The number of ether oxygens (including phenoxy) is 1. The Bertz CT molecular complexity index is 679. The molecule has 1 atom stereocenters. The van der Waals surface area contributed by atoms with E-state index in [1.807, 2.05) is 0 Å². The van der Waals surface area contributed by atoms with Crippen LogP contribution in [0.2, 0.25) is 0 Å². The van der Waals surface area contributed by atoms with Crippen molar-refractivity contribution in [1.82, 2.24) is 15.1 Å². The number of hydrogen-bond acceptors (Lipinski definition) is 4. The largest absolute Gasteiger partial charge is 0.394 e. The lowest BCUT2D eigenvalue weighted by atomic mass is 10.2. The van der Waals surface area contributed by atoms with Gasteiger partial charge in [0, 0.05) is 25.4 Å². The zero-order chi connectivity index (χ0) is 17.0. The molecule has 2 N–H and O–H groups in total. The minimum absolute atomic E-state index is 0.0421. The van der Waals surface area contributed by atoms with Crippen LogP contribution >= 0.6 is 0 Å². The molecule has 0 aliphatic carbocycles. The molecule has 6 nitrogen and oxygen atoms in total. The summed E-state index contributed by atoms with van der Waals surface area (Å²) in [6, 6.07) is 3.47. The van der Waals surface area contributed by atoms with Gasteiger partial charge in [0.25, 0.3) is 5.91 Å².